The zero-order valence-corrected chi connectivity index (χ0v) is 26.8. The second-order valence-electron chi connectivity index (χ2n) is 10.5. The summed E-state index contributed by atoms with van der Waals surface area (Å²) in [5.74, 6) is 6.22. The first-order valence-corrected chi connectivity index (χ1v) is 15.0. The Morgan fingerprint density at radius 1 is 0.980 bits per heavy atom. The van der Waals surface area contributed by atoms with Gasteiger partial charge in [-0.05, 0) is 54.4 Å². The topological polar surface area (TPSA) is 230 Å². The molecule has 1 amide bonds. The van der Waals surface area contributed by atoms with E-state index >= 15 is 0 Å². The summed E-state index contributed by atoms with van der Waals surface area (Å²) in [5, 5.41) is 36.6. The van der Waals surface area contributed by atoms with Crippen LogP contribution in [0, 0.1) is 27.2 Å². The molecule has 2 aliphatic rings. The largest absolute Gasteiger partial charge is 0.508 e. The van der Waals surface area contributed by atoms with Gasteiger partial charge in [0.2, 0.25) is 0 Å². The van der Waals surface area contributed by atoms with E-state index in [0.717, 1.165) is 45.8 Å². The number of aryl methyl sites for hydroxylation is 1. The number of phenols is 1. The fourth-order valence-corrected chi connectivity index (χ4v) is 4.97. The number of phenolic OH excluding ortho intramolecular Hbond substituents is 1. The molecule has 0 saturated heterocycles. The number of nitrogens with zero attached hydrogens (tertiary/aromatic N) is 3. The van der Waals surface area contributed by atoms with E-state index in [-0.39, 0.29) is 42.1 Å². The van der Waals surface area contributed by atoms with Crippen LogP contribution in [-0.4, -0.2) is 45.6 Å². The van der Waals surface area contributed by atoms with E-state index in [1.54, 1.807) is 24.3 Å². The van der Waals surface area contributed by atoms with Crippen LogP contribution in [0.4, 0.5) is 11.4 Å². The van der Waals surface area contributed by atoms with E-state index < -0.39 is 27.1 Å². The lowest BCUT2D eigenvalue weighted by atomic mass is 9.91. The molecule has 0 radical (unpaired) electrons. The molecule has 0 unspecified atom stereocenters. The van der Waals surface area contributed by atoms with E-state index in [9.17, 15) is 34.9 Å². The Balaban J connectivity index is 0.00000265. The number of hydrogen-bond donors (Lipinski definition) is 4. The van der Waals surface area contributed by atoms with Crippen molar-refractivity contribution in [2.24, 2.45) is 11.6 Å². The predicted octanol–water partition coefficient (Wildman–Crippen LogP) is 5.21. The van der Waals surface area contributed by atoms with Crippen LogP contribution in [0.3, 0.4) is 0 Å². The van der Waals surface area contributed by atoms with Gasteiger partial charge in [0.25, 0.3) is 17.3 Å². The third kappa shape index (κ3) is 8.47. The number of aromatic hydroxyl groups is 1. The molecule has 254 valence electrons. The average Bonchev–Trinajstić information content (AvgIpc) is 3.07. The van der Waals surface area contributed by atoms with Gasteiger partial charge in [-0.2, -0.15) is 0 Å². The van der Waals surface area contributed by atoms with Crippen molar-refractivity contribution in [2.45, 2.75) is 20.8 Å². The van der Waals surface area contributed by atoms with Crippen LogP contribution in [0.1, 0.15) is 29.8 Å². The number of fused-ring (bicyclic) bond motifs is 2. The number of nitrogens with one attached hydrogen (secondary N) is 1. The highest BCUT2D eigenvalue weighted by Gasteiger charge is 2.21. The lowest BCUT2D eigenvalue weighted by Crippen LogP contribution is -2.33. The van der Waals surface area contributed by atoms with Crippen LogP contribution in [0.15, 0.2) is 93.9 Å². The molecule has 0 saturated carbocycles. The summed E-state index contributed by atoms with van der Waals surface area (Å²) in [5.41, 5.74) is 8.23. The molecule has 15 nitrogen and oxygen atoms in total. The number of non-ortho nitro benzene ring substituents is 2. The molecule has 3 aromatic carbocycles. The molecule has 0 aromatic heterocycles. The molecule has 49 heavy (non-hydrogen) atoms. The molecular formula is C34H34N6O9. The highest BCUT2D eigenvalue weighted by Crippen LogP contribution is 2.42. The number of hydrazine groups is 1. The minimum atomic E-state index is -0.830. The summed E-state index contributed by atoms with van der Waals surface area (Å²) < 4.78 is 11.8. The first kappa shape index (κ1) is 35.4. The van der Waals surface area contributed by atoms with Crippen LogP contribution in [0.2, 0.25) is 0 Å². The van der Waals surface area contributed by atoms with E-state index in [2.05, 4.69) is 5.32 Å². The Hall–Kier alpha value is -6.48. The Morgan fingerprint density at radius 3 is 2.31 bits per heavy atom. The summed E-state index contributed by atoms with van der Waals surface area (Å²) in [7, 11) is 0. The zero-order valence-electron chi connectivity index (χ0n) is 26.8. The lowest BCUT2D eigenvalue weighted by Gasteiger charge is -2.18. The molecule has 0 fully saturated rings. The maximum atomic E-state index is 12.5. The van der Waals surface area contributed by atoms with E-state index in [0.29, 0.717) is 17.1 Å². The van der Waals surface area contributed by atoms with Crippen molar-refractivity contribution < 1.29 is 28.9 Å². The number of hydrogen-bond acceptors (Lipinski definition) is 12. The predicted molar refractivity (Wildman–Crippen MR) is 183 cm³/mol. The van der Waals surface area contributed by atoms with Crippen molar-refractivity contribution in [3.8, 4) is 33.9 Å². The fourth-order valence-electron chi connectivity index (χ4n) is 4.97. The van der Waals surface area contributed by atoms with Gasteiger partial charge in [0.1, 0.15) is 29.4 Å². The van der Waals surface area contributed by atoms with Crippen molar-refractivity contribution in [2.75, 3.05) is 19.7 Å². The molecule has 0 spiro atoms. The number of nitrogens with two attached hydrogens (primary N) is 2. The standard InChI is InChI=1S/C32H28N6O9.C2H6/c1-18-10-25(4-7-26(18)31-27-5-2-23(39)14-29(27)47-30-15-24(40)3-6-28(30)31)46-9-8-36(34)17-20(33)16-35-32(41)19-11-21(37(42)43)13-22(12-19)38(44)45;1-2/h2-7,10-15,17,39H,8-9,16,33-34H2,1H3,(H,35,41);1-2H3/b20-17-;. The van der Waals surface area contributed by atoms with Gasteiger partial charge in [0.15, 0.2) is 5.43 Å². The Kier molecular flexibility index (Phi) is 11.1. The van der Waals surface area contributed by atoms with Gasteiger partial charge in [-0.1, -0.05) is 19.9 Å². The van der Waals surface area contributed by atoms with Gasteiger partial charge in [-0.3, -0.25) is 29.8 Å². The quantitative estimate of drug-likeness (QED) is 0.0614. The highest BCUT2D eigenvalue weighted by atomic mass is 16.6. The monoisotopic (exact) mass is 670 g/mol. The zero-order chi connectivity index (χ0) is 35.8. The maximum Gasteiger partial charge on any atom is 0.277 e. The Labute approximate surface area is 279 Å². The normalized spacial score (nSPS) is 11.1. The number of benzene rings is 4. The van der Waals surface area contributed by atoms with Crippen LogP contribution < -0.4 is 27.1 Å². The molecule has 1 aliphatic heterocycles. The van der Waals surface area contributed by atoms with Crippen molar-refractivity contribution in [1.82, 2.24) is 10.3 Å². The third-order valence-electron chi connectivity index (χ3n) is 7.13. The van der Waals surface area contributed by atoms with Gasteiger partial charge >= 0.3 is 0 Å². The summed E-state index contributed by atoms with van der Waals surface area (Å²) in [6.07, 6.45) is 1.37. The minimum Gasteiger partial charge on any atom is -0.508 e. The van der Waals surface area contributed by atoms with Crippen LogP contribution >= 0.6 is 0 Å². The second-order valence-corrected chi connectivity index (χ2v) is 10.5. The molecule has 15 heteroatoms. The van der Waals surface area contributed by atoms with Crippen LogP contribution in [0.25, 0.3) is 33.4 Å². The van der Waals surface area contributed by atoms with Crippen LogP contribution in [0.5, 0.6) is 11.5 Å². The molecule has 6 N–H and O–H groups in total. The van der Waals surface area contributed by atoms with Crippen molar-refractivity contribution in [1.29, 1.82) is 0 Å². The average molecular weight is 671 g/mol. The van der Waals surface area contributed by atoms with Gasteiger partial charge in [0, 0.05) is 52.7 Å². The third-order valence-corrected chi connectivity index (χ3v) is 7.13. The molecule has 0 bridgehead atoms. The number of nitro groups is 2. The first-order valence-electron chi connectivity index (χ1n) is 15.0. The lowest BCUT2D eigenvalue weighted by molar-refractivity contribution is -0.394. The SMILES string of the molecule is CC.Cc1cc(OCCN(N)/C=C(\N)CNC(=O)c2cc([N+](=O)[O-])cc([N+](=O)[O-])c2)ccc1-c1c2ccc(=O)cc-2oc2cc(O)ccc12. The second kappa shape index (κ2) is 15.4. The highest BCUT2D eigenvalue weighted by molar-refractivity contribution is 6.02. The molecule has 1 heterocycles. The number of carbonyl (C=O) groups excluding carboxylic acids is 1. The number of nitro benzene ring substituents is 2. The first-order chi connectivity index (χ1) is 23.4. The number of ether oxygens (including phenoxy) is 1. The van der Waals surface area contributed by atoms with E-state index in [1.807, 2.05) is 32.9 Å². The smallest absolute Gasteiger partial charge is 0.277 e. The summed E-state index contributed by atoms with van der Waals surface area (Å²) in [6, 6.07) is 17.6. The van der Waals surface area contributed by atoms with Gasteiger partial charge < -0.3 is 30.3 Å². The molecule has 5 rings (SSSR count). The van der Waals surface area contributed by atoms with Crippen molar-refractivity contribution in [3.05, 3.63) is 126 Å². The Bertz CT molecular complexity index is 2060. The molecule has 0 atom stereocenters. The summed E-state index contributed by atoms with van der Waals surface area (Å²) in [6.45, 7) is 6.12. The number of carbonyl (C=O) groups is 1. The fraction of sp³-hybridized carbons (Fsp3) is 0.176. The van der Waals surface area contributed by atoms with Crippen LogP contribution in [-0.2, 0) is 0 Å². The molecule has 1 aliphatic carbocycles. The molecule has 3 aromatic rings. The van der Waals surface area contributed by atoms with Gasteiger partial charge in [-0.15, -0.1) is 0 Å². The summed E-state index contributed by atoms with van der Waals surface area (Å²) >= 11 is 0. The number of amides is 1. The van der Waals surface area contributed by atoms with Crippen molar-refractivity contribution >= 4 is 28.3 Å². The number of rotatable bonds is 11. The summed E-state index contributed by atoms with van der Waals surface area (Å²) in [4.78, 5) is 45.0. The Morgan fingerprint density at radius 2 is 1.65 bits per heavy atom. The molecular weight excluding hydrogens is 636 g/mol. The van der Waals surface area contributed by atoms with Gasteiger partial charge in [0.05, 0.1) is 34.6 Å². The van der Waals surface area contributed by atoms with Gasteiger partial charge in [-0.25, -0.2) is 5.84 Å². The van der Waals surface area contributed by atoms with Crippen molar-refractivity contribution in [3.63, 3.8) is 0 Å². The minimum absolute atomic E-state index is 0.0365. The maximum absolute atomic E-state index is 12.5. The van der Waals surface area contributed by atoms with E-state index in [1.165, 1.54) is 29.4 Å². The van der Waals surface area contributed by atoms with E-state index in [4.69, 9.17) is 20.7 Å².